The van der Waals surface area contributed by atoms with E-state index in [1.807, 2.05) is 28.3 Å². The molecule has 0 saturated heterocycles. The molecule has 0 fully saturated rings. The summed E-state index contributed by atoms with van der Waals surface area (Å²) >= 11 is 1.58. The van der Waals surface area contributed by atoms with Gasteiger partial charge in [-0.3, -0.25) is 0 Å². The Morgan fingerprint density at radius 3 is 3.06 bits per heavy atom. The van der Waals surface area contributed by atoms with Crippen molar-refractivity contribution in [3.8, 4) is 10.8 Å². The van der Waals surface area contributed by atoms with Crippen molar-refractivity contribution in [1.29, 1.82) is 0 Å². The number of rotatable bonds is 3. The van der Waals surface area contributed by atoms with Gasteiger partial charge in [0.25, 0.3) is 0 Å². The van der Waals surface area contributed by atoms with Crippen molar-refractivity contribution in [3.05, 3.63) is 48.1 Å². The van der Waals surface area contributed by atoms with Gasteiger partial charge in [0.1, 0.15) is 5.76 Å². The highest BCUT2D eigenvalue weighted by atomic mass is 32.1. The molecular formula is C11H9N3OS. The van der Waals surface area contributed by atoms with Gasteiger partial charge >= 0.3 is 0 Å². The first-order chi connectivity index (χ1) is 7.93. The van der Waals surface area contributed by atoms with Gasteiger partial charge in [-0.2, -0.15) is 0 Å². The summed E-state index contributed by atoms with van der Waals surface area (Å²) in [7, 11) is 0. The van der Waals surface area contributed by atoms with Crippen LogP contribution in [0, 0.1) is 0 Å². The summed E-state index contributed by atoms with van der Waals surface area (Å²) in [6, 6.07) is 3.83. The van der Waals surface area contributed by atoms with Crippen LogP contribution in [0.5, 0.6) is 0 Å². The van der Waals surface area contributed by atoms with Gasteiger partial charge in [-0.1, -0.05) is 0 Å². The SMILES string of the molecule is c1coc(Cn2ccnc2-c2nccs2)c1. The molecule has 3 heterocycles. The van der Waals surface area contributed by atoms with E-state index >= 15 is 0 Å². The van der Waals surface area contributed by atoms with Crippen LogP contribution < -0.4 is 0 Å². The smallest absolute Gasteiger partial charge is 0.169 e. The Labute approximate surface area is 96.2 Å². The third kappa shape index (κ3) is 1.65. The first-order valence-corrected chi connectivity index (χ1v) is 5.75. The van der Waals surface area contributed by atoms with Crippen LogP contribution in [0.4, 0.5) is 0 Å². The van der Waals surface area contributed by atoms with Crippen molar-refractivity contribution < 1.29 is 4.42 Å². The topological polar surface area (TPSA) is 43.9 Å². The summed E-state index contributed by atoms with van der Waals surface area (Å²) in [6.07, 6.45) is 7.17. The zero-order valence-corrected chi connectivity index (χ0v) is 9.22. The highest BCUT2D eigenvalue weighted by molar-refractivity contribution is 7.13. The van der Waals surface area contributed by atoms with Crippen LogP contribution in [-0.2, 0) is 6.54 Å². The van der Waals surface area contributed by atoms with E-state index in [-0.39, 0.29) is 0 Å². The molecule has 5 heteroatoms. The fourth-order valence-electron chi connectivity index (χ4n) is 1.54. The predicted molar refractivity (Wildman–Crippen MR) is 61.1 cm³/mol. The first-order valence-electron chi connectivity index (χ1n) is 4.87. The molecule has 0 aliphatic heterocycles. The van der Waals surface area contributed by atoms with Crippen molar-refractivity contribution in [3.63, 3.8) is 0 Å². The van der Waals surface area contributed by atoms with Crippen LogP contribution >= 0.6 is 11.3 Å². The zero-order valence-electron chi connectivity index (χ0n) is 8.41. The molecule has 4 nitrogen and oxygen atoms in total. The zero-order chi connectivity index (χ0) is 10.8. The maximum Gasteiger partial charge on any atom is 0.169 e. The van der Waals surface area contributed by atoms with Crippen LogP contribution in [0.2, 0.25) is 0 Å². The molecule has 3 aromatic heterocycles. The molecule has 0 unspecified atom stereocenters. The quantitative estimate of drug-likeness (QED) is 0.696. The summed E-state index contributed by atoms with van der Waals surface area (Å²) in [6.45, 7) is 0.682. The van der Waals surface area contributed by atoms with Gasteiger partial charge in [-0.05, 0) is 12.1 Å². The third-order valence-corrected chi connectivity index (χ3v) is 3.01. The van der Waals surface area contributed by atoms with Gasteiger partial charge in [-0.25, -0.2) is 9.97 Å². The van der Waals surface area contributed by atoms with E-state index in [4.69, 9.17) is 4.42 Å². The van der Waals surface area contributed by atoms with Crippen LogP contribution in [0.3, 0.4) is 0 Å². The molecule has 3 aromatic rings. The Morgan fingerprint density at radius 1 is 1.31 bits per heavy atom. The molecule has 0 spiro atoms. The van der Waals surface area contributed by atoms with E-state index in [2.05, 4.69) is 9.97 Å². The Hall–Kier alpha value is -1.88. The summed E-state index contributed by atoms with van der Waals surface area (Å²) in [5, 5.41) is 2.87. The van der Waals surface area contributed by atoms with E-state index in [9.17, 15) is 0 Å². The highest BCUT2D eigenvalue weighted by Gasteiger charge is 2.09. The van der Waals surface area contributed by atoms with Gasteiger partial charge in [0.05, 0.1) is 12.8 Å². The van der Waals surface area contributed by atoms with Gasteiger partial charge < -0.3 is 8.98 Å². The lowest BCUT2D eigenvalue weighted by molar-refractivity contribution is 0.494. The number of aromatic nitrogens is 3. The standard InChI is InChI=1S/C11H9N3OS/c1-2-9(15-6-1)8-14-5-3-12-10(14)11-13-4-7-16-11/h1-7H,8H2. The average Bonchev–Trinajstić information content (AvgIpc) is 2.98. The van der Waals surface area contributed by atoms with Crippen molar-refractivity contribution in [1.82, 2.24) is 14.5 Å². The van der Waals surface area contributed by atoms with Crippen molar-refractivity contribution in [2.45, 2.75) is 6.54 Å². The van der Waals surface area contributed by atoms with Gasteiger partial charge in [0, 0.05) is 24.0 Å². The fraction of sp³-hybridized carbons (Fsp3) is 0.0909. The molecule has 3 rings (SSSR count). The Kier molecular flexibility index (Phi) is 2.30. The molecule has 0 atom stereocenters. The largest absolute Gasteiger partial charge is 0.467 e. The normalized spacial score (nSPS) is 10.8. The lowest BCUT2D eigenvalue weighted by Crippen LogP contribution is -1.99. The number of imidazole rings is 1. The number of nitrogens with zero attached hydrogens (tertiary/aromatic N) is 3. The molecule has 0 bridgehead atoms. The maximum atomic E-state index is 5.31. The number of furan rings is 1. The van der Waals surface area contributed by atoms with E-state index < -0.39 is 0 Å². The lowest BCUT2D eigenvalue weighted by Gasteiger charge is -2.02. The molecule has 0 aliphatic rings. The summed E-state index contributed by atoms with van der Waals surface area (Å²) < 4.78 is 7.34. The minimum absolute atomic E-state index is 0.682. The molecule has 16 heavy (non-hydrogen) atoms. The number of hydrogen-bond donors (Lipinski definition) is 0. The third-order valence-electron chi connectivity index (χ3n) is 2.25. The van der Waals surface area contributed by atoms with Crippen LogP contribution in [0.25, 0.3) is 10.8 Å². The Balaban J connectivity index is 1.94. The highest BCUT2D eigenvalue weighted by Crippen LogP contribution is 2.20. The van der Waals surface area contributed by atoms with E-state index in [0.29, 0.717) is 6.54 Å². The monoisotopic (exact) mass is 231 g/mol. The number of thiazole rings is 1. The predicted octanol–water partition coefficient (Wildman–Crippen LogP) is 2.65. The lowest BCUT2D eigenvalue weighted by atomic mass is 10.4. The summed E-state index contributed by atoms with van der Waals surface area (Å²) in [4.78, 5) is 8.56. The molecule has 80 valence electrons. The minimum atomic E-state index is 0.682. The van der Waals surface area contributed by atoms with Crippen molar-refractivity contribution >= 4 is 11.3 Å². The van der Waals surface area contributed by atoms with Crippen LogP contribution in [0.15, 0.2) is 46.8 Å². The molecule has 0 aliphatic carbocycles. The second-order valence-corrected chi connectivity index (χ2v) is 4.19. The molecule has 0 amide bonds. The maximum absolute atomic E-state index is 5.31. The Bertz CT molecular complexity index is 554. The van der Waals surface area contributed by atoms with E-state index in [0.717, 1.165) is 16.6 Å². The summed E-state index contributed by atoms with van der Waals surface area (Å²) in [5.41, 5.74) is 0. The number of hydrogen-bond acceptors (Lipinski definition) is 4. The van der Waals surface area contributed by atoms with Crippen molar-refractivity contribution in [2.24, 2.45) is 0 Å². The van der Waals surface area contributed by atoms with E-state index in [1.54, 1.807) is 30.0 Å². The molecule has 0 N–H and O–H groups in total. The Morgan fingerprint density at radius 2 is 2.31 bits per heavy atom. The van der Waals surface area contributed by atoms with Gasteiger partial charge in [-0.15, -0.1) is 11.3 Å². The van der Waals surface area contributed by atoms with E-state index in [1.165, 1.54) is 0 Å². The van der Waals surface area contributed by atoms with Gasteiger partial charge in [0.15, 0.2) is 10.8 Å². The second kappa shape index (κ2) is 3.94. The second-order valence-electron chi connectivity index (χ2n) is 3.30. The molecular weight excluding hydrogens is 222 g/mol. The van der Waals surface area contributed by atoms with Crippen LogP contribution in [-0.4, -0.2) is 14.5 Å². The molecule has 0 radical (unpaired) electrons. The van der Waals surface area contributed by atoms with Crippen LogP contribution in [0.1, 0.15) is 5.76 Å². The van der Waals surface area contributed by atoms with Gasteiger partial charge in [0.2, 0.25) is 0 Å². The fourth-order valence-corrected chi connectivity index (χ4v) is 2.19. The average molecular weight is 231 g/mol. The molecule has 0 saturated carbocycles. The first kappa shape index (κ1) is 9.35. The molecule has 0 aromatic carbocycles. The summed E-state index contributed by atoms with van der Waals surface area (Å²) in [5.74, 6) is 1.79. The van der Waals surface area contributed by atoms with Crippen molar-refractivity contribution in [2.75, 3.05) is 0 Å². The minimum Gasteiger partial charge on any atom is -0.467 e.